The van der Waals surface area contributed by atoms with E-state index >= 15 is 0 Å². The van der Waals surface area contributed by atoms with E-state index in [9.17, 15) is 0 Å². The second-order valence-electron chi connectivity index (χ2n) is 5.92. The predicted molar refractivity (Wildman–Crippen MR) is 72.4 cm³/mol. The van der Waals surface area contributed by atoms with Gasteiger partial charge in [0.15, 0.2) is 0 Å². The lowest BCUT2D eigenvalue weighted by Crippen LogP contribution is -2.33. The van der Waals surface area contributed by atoms with E-state index in [1.807, 2.05) is 12.1 Å². The summed E-state index contributed by atoms with van der Waals surface area (Å²) in [6, 6.07) is 8.52. The molecule has 0 aromatic heterocycles. The molecular weight excluding hydrogens is 226 g/mol. The predicted octanol–water partition coefficient (Wildman–Crippen LogP) is 3.47. The number of rotatable bonds is 5. The molecule has 3 nitrogen and oxygen atoms in total. The van der Waals surface area contributed by atoms with Crippen LogP contribution in [-0.4, -0.2) is 12.7 Å². The van der Waals surface area contributed by atoms with Crippen molar-refractivity contribution in [1.29, 1.82) is 0 Å². The fourth-order valence-corrected chi connectivity index (χ4v) is 1.92. The zero-order chi connectivity index (χ0) is 13.2. The van der Waals surface area contributed by atoms with Crippen LogP contribution in [0.5, 0.6) is 5.75 Å². The van der Waals surface area contributed by atoms with E-state index in [2.05, 4.69) is 38.4 Å². The van der Waals surface area contributed by atoms with E-state index in [1.165, 1.54) is 18.4 Å². The molecule has 100 valence electrons. The Labute approximate surface area is 109 Å². The lowest BCUT2D eigenvalue weighted by atomic mass is 10.0. The Morgan fingerprint density at radius 3 is 2.22 bits per heavy atom. The highest BCUT2D eigenvalue weighted by Gasteiger charge is 2.33. The van der Waals surface area contributed by atoms with E-state index < -0.39 is 0 Å². The summed E-state index contributed by atoms with van der Waals surface area (Å²) in [5.74, 6) is 1.59. The van der Waals surface area contributed by atoms with Gasteiger partial charge in [0.1, 0.15) is 5.75 Å². The smallest absolute Gasteiger partial charge is 0.118 e. The minimum atomic E-state index is -0.167. The number of hydrogen-bond acceptors (Lipinski definition) is 3. The minimum absolute atomic E-state index is 0.167. The van der Waals surface area contributed by atoms with Crippen LogP contribution in [0, 0.1) is 5.92 Å². The number of hydrogen-bond donors (Lipinski definition) is 1. The topological polar surface area (TPSA) is 30.5 Å². The van der Waals surface area contributed by atoms with Gasteiger partial charge in [-0.05, 0) is 57.2 Å². The third kappa shape index (κ3) is 3.72. The first-order chi connectivity index (χ1) is 8.49. The average Bonchev–Trinajstić information content (AvgIpc) is 3.13. The Balaban J connectivity index is 2.04. The maximum Gasteiger partial charge on any atom is 0.118 e. The zero-order valence-electron chi connectivity index (χ0n) is 11.7. The molecule has 0 heterocycles. The van der Waals surface area contributed by atoms with Gasteiger partial charge < -0.3 is 4.74 Å². The Hall–Kier alpha value is -1.06. The van der Waals surface area contributed by atoms with Crippen molar-refractivity contribution in [3.63, 3.8) is 0 Å². The molecule has 2 rings (SSSR count). The van der Waals surface area contributed by atoms with Gasteiger partial charge in [0.2, 0.25) is 0 Å². The molecule has 18 heavy (non-hydrogen) atoms. The summed E-state index contributed by atoms with van der Waals surface area (Å²) in [6.45, 7) is 6.16. The third-order valence-electron chi connectivity index (χ3n) is 3.06. The molecule has 1 fully saturated rings. The lowest BCUT2D eigenvalue weighted by Gasteiger charge is -2.25. The van der Waals surface area contributed by atoms with Crippen molar-refractivity contribution in [2.45, 2.75) is 45.3 Å². The van der Waals surface area contributed by atoms with Gasteiger partial charge >= 0.3 is 0 Å². The first-order valence-electron chi connectivity index (χ1n) is 6.57. The van der Waals surface area contributed by atoms with E-state index in [0.717, 1.165) is 5.75 Å². The highest BCUT2D eigenvalue weighted by Crippen LogP contribution is 2.41. The summed E-state index contributed by atoms with van der Waals surface area (Å²) in [6.07, 6.45) is 2.55. The summed E-state index contributed by atoms with van der Waals surface area (Å²) in [5, 5.41) is 0. The maximum absolute atomic E-state index is 5.72. The van der Waals surface area contributed by atoms with Gasteiger partial charge in [-0.15, -0.1) is 0 Å². The van der Waals surface area contributed by atoms with Crippen molar-refractivity contribution in [1.82, 2.24) is 5.48 Å². The van der Waals surface area contributed by atoms with Crippen molar-refractivity contribution in [2.24, 2.45) is 5.92 Å². The standard InChI is InChI=1S/C15H23NO2/c1-15(2,3)18-16-14(11-5-6-11)12-7-9-13(17-4)10-8-12/h7-11,14,16H,5-6H2,1-4H3. The second kappa shape index (κ2) is 5.29. The normalized spacial score (nSPS) is 17.6. The molecular formula is C15H23NO2. The van der Waals surface area contributed by atoms with Gasteiger partial charge in [-0.2, -0.15) is 5.48 Å². The molecule has 3 heteroatoms. The SMILES string of the molecule is COc1ccc(C(NOC(C)(C)C)C2CC2)cc1. The summed E-state index contributed by atoms with van der Waals surface area (Å²) in [7, 11) is 1.69. The third-order valence-corrected chi connectivity index (χ3v) is 3.06. The maximum atomic E-state index is 5.72. The zero-order valence-corrected chi connectivity index (χ0v) is 11.7. The average molecular weight is 249 g/mol. The van der Waals surface area contributed by atoms with Crippen molar-refractivity contribution in [3.8, 4) is 5.75 Å². The van der Waals surface area contributed by atoms with Crippen LogP contribution in [0.2, 0.25) is 0 Å². The molecule has 0 amide bonds. The molecule has 0 radical (unpaired) electrons. The molecule has 1 unspecified atom stereocenters. The first kappa shape index (κ1) is 13.4. The molecule has 1 saturated carbocycles. The number of methoxy groups -OCH3 is 1. The van der Waals surface area contributed by atoms with Crippen molar-refractivity contribution >= 4 is 0 Å². The van der Waals surface area contributed by atoms with Gasteiger partial charge in [-0.25, -0.2) is 0 Å². The highest BCUT2D eigenvalue weighted by atomic mass is 16.7. The molecule has 0 bridgehead atoms. The molecule has 1 aromatic carbocycles. The van der Waals surface area contributed by atoms with Gasteiger partial charge in [-0.1, -0.05) is 12.1 Å². The number of ether oxygens (including phenoxy) is 1. The number of benzene rings is 1. The van der Waals surface area contributed by atoms with Crippen molar-refractivity contribution in [2.75, 3.05) is 7.11 Å². The van der Waals surface area contributed by atoms with Crippen LogP contribution in [0.25, 0.3) is 0 Å². The molecule has 0 spiro atoms. The minimum Gasteiger partial charge on any atom is -0.497 e. The summed E-state index contributed by atoms with van der Waals surface area (Å²) in [5.41, 5.74) is 4.33. The van der Waals surface area contributed by atoms with Crippen LogP contribution < -0.4 is 10.2 Å². The van der Waals surface area contributed by atoms with Gasteiger partial charge in [-0.3, -0.25) is 4.84 Å². The van der Waals surface area contributed by atoms with Gasteiger partial charge in [0.25, 0.3) is 0 Å². The summed E-state index contributed by atoms with van der Waals surface area (Å²) in [4.78, 5) is 5.72. The lowest BCUT2D eigenvalue weighted by molar-refractivity contribution is -0.0922. The van der Waals surface area contributed by atoms with Crippen molar-refractivity contribution in [3.05, 3.63) is 29.8 Å². The molecule has 1 aromatic rings. The van der Waals surface area contributed by atoms with Crippen LogP contribution in [0.4, 0.5) is 0 Å². The summed E-state index contributed by atoms with van der Waals surface area (Å²) >= 11 is 0. The number of hydroxylamine groups is 1. The number of nitrogens with one attached hydrogen (secondary N) is 1. The van der Waals surface area contributed by atoms with E-state index in [0.29, 0.717) is 5.92 Å². The Morgan fingerprint density at radius 1 is 1.17 bits per heavy atom. The fraction of sp³-hybridized carbons (Fsp3) is 0.600. The van der Waals surface area contributed by atoms with Gasteiger partial charge in [0.05, 0.1) is 18.8 Å². The summed E-state index contributed by atoms with van der Waals surface area (Å²) < 4.78 is 5.19. The monoisotopic (exact) mass is 249 g/mol. The van der Waals surface area contributed by atoms with E-state index in [1.54, 1.807) is 7.11 Å². The van der Waals surface area contributed by atoms with Gasteiger partial charge in [0, 0.05) is 0 Å². The molecule has 0 saturated heterocycles. The molecule has 1 aliphatic rings. The highest BCUT2D eigenvalue weighted by molar-refractivity contribution is 5.29. The molecule has 1 atom stereocenters. The van der Waals surface area contributed by atoms with Crippen molar-refractivity contribution < 1.29 is 9.57 Å². The van der Waals surface area contributed by atoms with Crippen LogP contribution in [-0.2, 0) is 4.84 Å². The molecule has 1 N–H and O–H groups in total. The van der Waals surface area contributed by atoms with E-state index in [4.69, 9.17) is 9.57 Å². The van der Waals surface area contributed by atoms with E-state index in [-0.39, 0.29) is 11.6 Å². The second-order valence-corrected chi connectivity index (χ2v) is 5.92. The van der Waals surface area contributed by atoms with Crippen LogP contribution >= 0.6 is 0 Å². The Morgan fingerprint density at radius 2 is 1.78 bits per heavy atom. The quantitative estimate of drug-likeness (QED) is 0.811. The molecule has 1 aliphatic carbocycles. The first-order valence-corrected chi connectivity index (χ1v) is 6.57. The molecule has 0 aliphatic heterocycles. The largest absolute Gasteiger partial charge is 0.497 e. The van der Waals surface area contributed by atoms with Crippen LogP contribution in [0.15, 0.2) is 24.3 Å². The Bertz CT molecular complexity index is 376. The fourth-order valence-electron chi connectivity index (χ4n) is 1.92. The Kier molecular flexibility index (Phi) is 3.93. The van der Waals surface area contributed by atoms with Crippen LogP contribution in [0.1, 0.15) is 45.2 Å². The van der Waals surface area contributed by atoms with Crippen LogP contribution in [0.3, 0.4) is 0 Å².